The second-order valence-electron chi connectivity index (χ2n) is 7.57. The minimum atomic E-state index is -0.593. The van der Waals surface area contributed by atoms with Gasteiger partial charge in [0.1, 0.15) is 0 Å². The van der Waals surface area contributed by atoms with E-state index < -0.39 is 8.07 Å². The van der Waals surface area contributed by atoms with Crippen molar-refractivity contribution in [2.75, 3.05) is 0 Å². The smallest absolute Gasteiger partial charge is 0.0324 e. The van der Waals surface area contributed by atoms with Gasteiger partial charge >= 0.3 is 0 Å². The summed E-state index contributed by atoms with van der Waals surface area (Å²) in [7, 11) is -0.593. The molecule has 0 saturated heterocycles. The van der Waals surface area contributed by atoms with Gasteiger partial charge in [-0.05, 0) is 34.9 Å². The van der Waals surface area contributed by atoms with Crippen molar-refractivity contribution in [3.05, 3.63) is 109 Å². The van der Waals surface area contributed by atoms with Crippen molar-refractivity contribution >= 4 is 18.7 Å². The molecule has 3 aromatic rings. The zero-order valence-corrected chi connectivity index (χ0v) is 17.4. The first kappa shape index (κ1) is 19.1. The highest BCUT2D eigenvalue weighted by molar-refractivity contribution is 7.70. The fourth-order valence-electron chi connectivity index (χ4n) is 3.88. The molecule has 0 spiro atoms. The summed E-state index contributed by atoms with van der Waals surface area (Å²) in [5.41, 5.74) is 1.38. The van der Waals surface area contributed by atoms with Crippen LogP contribution in [0.5, 0.6) is 0 Å². The Morgan fingerprint density at radius 1 is 0.714 bits per heavy atom. The lowest BCUT2D eigenvalue weighted by Gasteiger charge is -2.39. The first-order valence-corrected chi connectivity index (χ1v) is 11.5. The maximum Gasteiger partial charge on any atom is 0.0324 e. The molecule has 0 aliphatic heterocycles. The second kappa shape index (κ2) is 9.32. The standard InChI is InChI=1S/C26H28NP/c1-22-17-19-24(20-18-22)27(21-23-11-5-2-6-12-23)28(25-13-7-3-8-14-25)26-15-9-4-10-16-26/h2-17,19,22,24H,18,20-21H2,1H3/t22-,24+/m1/s1. The number of allylic oxidation sites excluding steroid dienone is 1. The van der Waals surface area contributed by atoms with Crippen LogP contribution in [0.3, 0.4) is 0 Å². The summed E-state index contributed by atoms with van der Waals surface area (Å²) in [4.78, 5) is 0. The van der Waals surface area contributed by atoms with Gasteiger partial charge < -0.3 is 0 Å². The lowest BCUT2D eigenvalue weighted by Crippen LogP contribution is -2.37. The normalized spacial score (nSPS) is 19.2. The van der Waals surface area contributed by atoms with Crippen molar-refractivity contribution in [2.24, 2.45) is 5.92 Å². The first-order valence-electron chi connectivity index (χ1n) is 10.2. The Morgan fingerprint density at radius 2 is 1.25 bits per heavy atom. The molecule has 1 aliphatic carbocycles. The fourth-order valence-corrected chi connectivity index (χ4v) is 6.48. The zero-order valence-electron chi connectivity index (χ0n) is 16.5. The summed E-state index contributed by atoms with van der Waals surface area (Å²) in [6.45, 7) is 3.30. The number of rotatable bonds is 6. The average Bonchev–Trinajstić information content (AvgIpc) is 2.76. The summed E-state index contributed by atoms with van der Waals surface area (Å²) >= 11 is 0. The molecule has 2 heteroatoms. The Kier molecular flexibility index (Phi) is 6.37. The van der Waals surface area contributed by atoms with Crippen LogP contribution in [0.15, 0.2) is 103 Å². The van der Waals surface area contributed by atoms with E-state index in [9.17, 15) is 0 Å². The summed E-state index contributed by atoms with van der Waals surface area (Å²) in [5.74, 6) is 0.689. The Balaban J connectivity index is 1.77. The summed E-state index contributed by atoms with van der Waals surface area (Å²) in [5, 5.41) is 2.85. The molecule has 3 aromatic carbocycles. The van der Waals surface area contributed by atoms with Crippen molar-refractivity contribution in [1.82, 2.24) is 4.67 Å². The van der Waals surface area contributed by atoms with E-state index in [1.165, 1.54) is 29.0 Å². The van der Waals surface area contributed by atoms with Gasteiger partial charge in [0.25, 0.3) is 0 Å². The van der Waals surface area contributed by atoms with Gasteiger partial charge in [-0.2, -0.15) is 0 Å². The molecule has 4 rings (SSSR count). The molecular weight excluding hydrogens is 357 g/mol. The van der Waals surface area contributed by atoms with Gasteiger partial charge in [0, 0.05) is 20.7 Å². The van der Waals surface area contributed by atoms with Gasteiger partial charge in [-0.3, -0.25) is 4.67 Å². The highest BCUT2D eigenvalue weighted by Gasteiger charge is 2.29. The van der Waals surface area contributed by atoms with E-state index in [4.69, 9.17) is 0 Å². The van der Waals surface area contributed by atoms with Crippen LogP contribution < -0.4 is 10.6 Å². The van der Waals surface area contributed by atoms with Crippen molar-refractivity contribution in [3.63, 3.8) is 0 Å². The van der Waals surface area contributed by atoms with E-state index in [2.05, 4.69) is 115 Å². The molecule has 0 N–H and O–H groups in total. The van der Waals surface area contributed by atoms with Crippen LogP contribution in [0.25, 0.3) is 0 Å². The molecule has 1 aliphatic rings. The largest absolute Gasteiger partial charge is 0.264 e. The fraction of sp³-hybridized carbons (Fsp3) is 0.231. The Hall–Kier alpha value is -2.21. The molecule has 0 heterocycles. The van der Waals surface area contributed by atoms with E-state index >= 15 is 0 Å². The molecule has 28 heavy (non-hydrogen) atoms. The molecule has 0 unspecified atom stereocenters. The third kappa shape index (κ3) is 4.61. The molecule has 0 radical (unpaired) electrons. The minimum absolute atomic E-state index is 0.475. The van der Waals surface area contributed by atoms with Crippen LogP contribution in [0.1, 0.15) is 25.3 Å². The number of hydrogen-bond donors (Lipinski definition) is 0. The quantitative estimate of drug-likeness (QED) is 0.378. The monoisotopic (exact) mass is 385 g/mol. The molecule has 0 bridgehead atoms. The van der Waals surface area contributed by atoms with E-state index in [0.717, 1.165) is 6.54 Å². The number of benzene rings is 3. The topological polar surface area (TPSA) is 3.24 Å². The molecule has 142 valence electrons. The lowest BCUT2D eigenvalue weighted by molar-refractivity contribution is 0.341. The SMILES string of the molecule is C[C@@H]1C=C[C@H](N(Cc2ccccc2)P(c2ccccc2)c2ccccc2)CC1. The number of hydrogen-bond acceptors (Lipinski definition) is 1. The highest BCUT2D eigenvalue weighted by atomic mass is 31.1. The van der Waals surface area contributed by atoms with E-state index in [1.54, 1.807) is 0 Å². The van der Waals surface area contributed by atoms with Crippen molar-refractivity contribution < 1.29 is 0 Å². The van der Waals surface area contributed by atoms with Gasteiger partial charge in [-0.15, -0.1) is 0 Å². The predicted octanol–water partition coefficient (Wildman–Crippen LogP) is 5.89. The Labute approximate surface area is 170 Å². The first-order chi connectivity index (χ1) is 13.8. The van der Waals surface area contributed by atoms with E-state index in [1.807, 2.05) is 0 Å². The molecule has 0 amide bonds. The molecular formula is C26H28NP. The highest BCUT2D eigenvalue weighted by Crippen LogP contribution is 2.43. The van der Waals surface area contributed by atoms with Gasteiger partial charge in [0.2, 0.25) is 0 Å². The third-order valence-corrected chi connectivity index (χ3v) is 7.93. The van der Waals surface area contributed by atoms with Crippen molar-refractivity contribution in [2.45, 2.75) is 32.4 Å². The van der Waals surface area contributed by atoms with Gasteiger partial charge in [0.15, 0.2) is 0 Å². The lowest BCUT2D eigenvalue weighted by atomic mass is 9.94. The van der Waals surface area contributed by atoms with Crippen LogP contribution in [-0.4, -0.2) is 10.7 Å². The average molecular weight is 385 g/mol. The van der Waals surface area contributed by atoms with Gasteiger partial charge in [-0.1, -0.05) is 110 Å². The van der Waals surface area contributed by atoms with Crippen molar-refractivity contribution in [3.8, 4) is 0 Å². The van der Waals surface area contributed by atoms with E-state index in [-0.39, 0.29) is 0 Å². The van der Waals surface area contributed by atoms with Crippen LogP contribution in [0.2, 0.25) is 0 Å². The maximum atomic E-state index is 2.75. The summed E-state index contributed by atoms with van der Waals surface area (Å²) in [6, 6.07) is 33.5. The molecule has 0 fully saturated rings. The molecule has 1 nitrogen and oxygen atoms in total. The van der Waals surface area contributed by atoms with Crippen LogP contribution in [0, 0.1) is 5.92 Å². The molecule has 0 aromatic heterocycles. The van der Waals surface area contributed by atoms with Crippen LogP contribution in [0.4, 0.5) is 0 Å². The molecule has 2 atom stereocenters. The van der Waals surface area contributed by atoms with Crippen molar-refractivity contribution in [1.29, 1.82) is 0 Å². The van der Waals surface area contributed by atoms with Crippen LogP contribution in [-0.2, 0) is 6.54 Å². The second-order valence-corrected chi connectivity index (χ2v) is 9.74. The Bertz CT molecular complexity index is 837. The minimum Gasteiger partial charge on any atom is -0.264 e. The third-order valence-electron chi connectivity index (χ3n) is 5.41. The Morgan fingerprint density at radius 3 is 1.75 bits per heavy atom. The predicted molar refractivity (Wildman–Crippen MR) is 122 cm³/mol. The van der Waals surface area contributed by atoms with Crippen LogP contribution >= 0.6 is 8.07 Å². The summed E-state index contributed by atoms with van der Waals surface area (Å²) in [6.07, 6.45) is 7.36. The summed E-state index contributed by atoms with van der Waals surface area (Å²) < 4.78 is 2.75. The zero-order chi connectivity index (χ0) is 19.2. The number of nitrogens with zero attached hydrogens (tertiary/aromatic N) is 1. The maximum absolute atomic E-state index is 2.75. The molecule has 0 saturated carbocycles. The van der Waals surface area contributed by atoms with Gasteiger partial charge in [0.05, 0.1) is 0 Å². The van der Waals surface area contributed by atoms with E-state index in [0.29, 0.717) is 12.0 Å². The van der Waals surface area contributed by atoms with Gasteiger partial charge in [-0.25, -0.2) is 0 Å².